The third-order valence-corrected chi connectivity index (χ3v) is 4.71. The van der Waals surface area contributed by atoms with Crippen molar-refractivity contribution >= 4 is 12.3 Å². The fourth-order valence-corrected chi connectivity index (χ4v) is 3.21. The van der Waals surface area contributed by atoms with Crippen molar-refractivity contribution < 1.29 is 28.5 Å². The van der Waals surface area contributed by atoms with Crippen molar-refractivity contribution in [2.75, 3.05) is 21.0 Å². The Balaban J connectivity index is 2.36. The second-order valence-corrected chi connectivity index (χ2v) is 6.66. The zero-order chi connectivity index (χ0) is 19.6. The maximum Gasteiger partial charge on any atom is 0.342 e. The maximum absolute atomic E-state index is 12.9. The van der Waals surface area contributed by atoms with Crippen molar-refractivity contribution in [3.63, 3.8) is 0 Å². The van der Waals surface area contributed by atoms with Gasteiger partial charge in [-0.2, -0.15) is 0 Å². The smallest absolute Gasteiger partial charge is 0.342 e. The van der Waals surface area contributed by atoms with Crippen LogP contribution in [0.5, 0.6) is 5.75 Å². The normalized spacial score (nSPS) is 24.7. The van der Waals surface area contributed by atoms with Crippen LogP contribution in [-0.2, 0) is 25.4 Å². The van der Waals surface area contributed by atoms with Gasteiger partial charge in [0.1, 0.15) is 30.5 Å². The summed E-state index contributed by atoms with van der Waals surface area (Å²) in [5.74, 6) is 0.170. The van der Waals surface area contributed by atoms with Crippen LogP contribution in [0.3, 0.4) is 0 Å². The number of carbonyl (C=O) groups is 2. The number of hydrogen-bond acceptors (Lipinski definition) is 6. The van der Waals surface area contributed by atoms with Gasteiger partial charge in [-0.25, -0.2) is 4.79 Å². The summed E-state index contributed by atoms with van der Waals surface area (Å²) in [6, 6.07) is 5.47. The molecular weight excluding hydrogens is 348 g/mol. The Morgan fingerprint density at radius 2 is 2.07 bits per heavy atom. The Kier molecular flexibility index (Phi) is 8.48. The van der Waals surface area contributed by atoms with Gasteiger partial charge in [0.25, 0.3) is 0 Å². The first-order valence-corrected chi connectivity index (χ1v) is 9.16. The molecule has 6 heteroatoms. The quantitative estimate of drug-likeness (QED) is 0.328. The number of esters is 1. The highest BCUT2D eigenvalue weighted by Crippen LogP contribution is 2.27. The molecule has 1 aromatic carbocycles. The third-order valence-electron chi connectivity index (χ3n) is 4.71. The molecular formula is C21H28O6. The van der Waals surface area contributed by atoms with E-state index >= 15 is 0 Å². The molecule has 0 saturated carbocycles. The van der Waals surface area contributed by atoms with E-state index in [1.165, 1.54) is 7.11 Å². The average molecular weight is 376 g/mol. The molecule has 6 nitrogen and oxygen atoms in total. The van der Waals surface area contributed by atoms with Gasteiger partial charge < -0.3 is 23.7 Å². The molecule has 1 aliphatic heterocycles. The zero-order valence-corrected chi connectivity index (χ0v) is 16.2. The van der Waals surface area contributed by atoms with Crippen molar-refractivity contribution in [3.05, 3.63) is 41.5 Å². The monoisotopic (exact) mass is 376 g/mol. The highest BCUT2D eigenvalue weighted by Gasteiger charge is 2.27. The molecule has 0 N–H and O–H groups in total. The lowest BCUT2D eigenvalue weighted by Gasteiger charge is -2.27. The van der Waals surface area contributed by atoms with Crippen LogP contribution in [0.1, 0.15) is 42.1 Å². The molecule has 2 rings (SSSR count). The highest BCUT2D eigenvalue weighted by atomic mass is 16.7. The number of methoxy groups -OCH3 is 2. The summed E-state index contributed by atoms with van der Waals surface area (Å²) < 4.78 is 21.9. The first-order valence-electron chi connectivity index (χ1n) is 9.16. The van der Waals surface area contributed by atoms with Crippen LogP contribution in [0.4, 0.5) is 0 Å². The summed E-state index contributed by atoms with van der Waals surface area (Å²) in [7, 11) is 3.08. The van der Waals surface area contributed by atoms with E-state index in [2.05, 4.69) is 13.0 Å². The molecule has 148 valence electrons. The molecule has 0 aliphatic carbocycles. The predicted octanol–water partition coefficient (Wildman–Crippen LogP) is 3.33. The highest BCUT2D eigenvalue weighted by molar-refractivity contribution is 5.94. The number of cyclic esters (lactones) is 1. The zero-order valence-electron chi connectivity index (χ0n) is 16.2. The largest absolute Gasteiger partial charge is 0.496 e. The maximum atomic E-state index is 12.9. The van der Waals surface area contributed by atoms with E-state index in [1.54, 1.807) is 13.2 Å². The third kappa shape index (κ3) is 5.91. The summed E-state index contributed by atoms with van der Waals surface area (Å²) in [5.41, 5.74) is 1.24. The van der Waals surface area contributed by atoms with E-state index in [0.717, 1.165) is 18.3 Å². The molecule has 0 spiro atoms. The fourth-order valence-electron chi connectivity index (χ4n) is 3.21. The van der Waals surface area contributed by atoms with Gasteiger partial charge in [-0.3, -0.25) is 0 Å². The number of ether oxygens (including phenoxy) is 4. The molecule has 1 aliphatic rings. The van der Waals surface area contributed by atoms with E-state index in [4.69, 9.17) is 18.9 Å². The standard InChI is InChI=1S/C21H28O6/c1-15-7-4-5-8-16-9-6-10-18(25-3)20(16)21(23)27-17(11-12-22)13-19(15)26-14-24-2/h4-6,9-10,12,15,17,19H,7-8,11,13-14H2,1-3H3/b5-4+/t15-,17-,19+/m0/s1. The molecule has 1 aromatic rings. The number of benzene rings is 1. The molecule has 0 fully saturated rings. The number of rotatable bonds is 6. The SMILES string of the molecule is COCO[C@@H]1C[C@H](CC=O)OC(=O)c2c(cccc2OC)C/C=C/C[C@@H]1C. The van der Waals surface area contributed by atoms with Gasteiger partial charge in [0.15, 0.2) is 0 Å². The molecule has 0 aromatic heterocycles. The molecule has 0 radical (unpaired) electrons. The number of allylic oxidation sites excluding steroid dienone is 2. The topological polar surface area (TPSA) is 71.1 Å². The lowest BCUT2D eigenvalue weighted by molar-refractivity contribution is -0.114. The molecule has 0 saturated heterocycles. The van der Waals surface area contributed by atoms with Gasteiger partial charge in [0.2, 0.25) is 0 Å². The molecule has 0 bridgehead atoms. The van der Waals surface area contributed by atoms with Crippen molar-refractivity contribution in [1.29, 1.82) is 0 Å². The second-order valence-electron chi connectivity index (χ2n) is 6.66. The van der Waals surface area contributed by atoms with E-state index in [-0.39, 0.29) is 25.2 Å². The fraction of sp³-hybridized carbons (Fsp3) is 0.524. The molecule has 27 heavy (non-hydrogen) atoms. The van der Waals surface area contributed by atoms with Gasteiger partial charge in [-0.15, -0.1) is 0 Å². The van der Waals surface area contributed by atoms with Crippen molar-refractivity contribution in [2.45, 2.75) is 44.8 Å². The Morgan fingerprint density at radius 1 is 1.26 bits per heavy atom. The van der Waals surface area contributed by atoms with Gasteiger partial charge in [-0.05, 0) is 30.4 Å². The number of hydrogen-bond donors (Lipinski definition) is 0. The molecule has 0 amide bonds. The first-order chi connectivity index (χ1) is 13.1. The lowest BCUT2D eigenvalue weighted by Crippen LogP contribution is -2.31. The van der Waals surface area contributed by atoms with Crippen LogP contribution < -0.4 is 4.74 Å². The molecule has 3 atom stereocenters. The Labute approximate surface area is 160 Å². The minimum absolute atomic E-state index is 0.117. The summed E-state index contributed by atoms with van der Waals surface area (Å²) in [5, 5.41) is 0. The second kappa shape index (κ2) is 10.8. The van der Waals surface area contributed by atoms with Crippen LogP contribution in [0.25, 0.3) is 0 Å². The predicted molar refractivity (Wildman–Crippen MR) is 101 cm³/mol. The van der Waals surface area contributed by atoms with Crippen LogP contribution in [0, 0.1) is 5.92 Å². The van der Waals surface area contributed by atoms with E-state index in [9.17, 15) is 9.59 Å². The molecule has 1 heterocycles. The molecule has 0 unspecified atom stereocenters. The Morgan fingerprint density at radius 3 is 2.78 bits per heavy atom. The van der Waals surface area contributed by atoms with Crippen molar-refractivity contribution in [3.8, 4) is 5.75 Å². The van der Waals surface area contributed by atoms with E-state index in [0.29, 0.717) is 24.2 Å². The van der Waals surface area contributed by atoms with Gasteiger partial charge in [0, 0.05) is 20.0 Å². The van der Waals surface area contributed by atoms with E-state index in [1.807, 2.05) is 18.2 Å². The minimum Gasteiger partial charge on any atom is -0.496 e. The summed E-state index contributed by atoms with van der Waals surface area (Å²) in [4.78, 5) is 24.0. The van der Waals surface area contributed by atoms with Gasteiger partial charge >= 0.3 is 5.97 Å². The average Bonchev–Trinajstić information content (AvgIpc) is 2.67. The van der Waals surface area contributed by atoms with E-state index < -0.39 is 12.1 Å². The lowest BCUT2D eigenvalue weighted by atomic mass is 9.93. The first kappa shape index (κ1) is 21.1. The summed E-state index contributed by atoms with van der Waals surface area (Å²) in [6.45, 7) is 2.23. The van der Waals surface area contributed by atoms with Crippen LogP contribution in [0.2, 0.25) is 0 Å². The van der Waals surface area contributed by atoms with Gasteiger partial charge in [-0.1, -0.05) is 31.2 Å². The van der Waals surface area contributed by atoms with Crippen LogP contribution >= 0.6 is 0 Å². The van der Waals surface area contributed by atoms with Crippen LogP contribution in [-0.4, -0.2) is 45.5 Å². The minimum atomic E-state index is -0.569. The number of fused-ring (bicyclic) bond motifs is 1. The summed E-state index contributed by atoms with van der Waals surface area (Å²) >= 11 is 0. The Bertz CT molecular complexity index is 654. The van der Waals surface area contributed by atoms with Crippen LogP contribution in [0.15, 0.2) is 30.4 Å². The number of aldehydes is 1. The Hall–Kier alpha value is -2.18. The van der Waals surface area contributed by atoms with Crippen molar-refractivity contribution in [1.82, 2.24) is 0 Å². The summed E-state index contributed by atoms with van der Waals surface area (Å²) in [6.07, 6.45) is 6.10. The van der Waals surface area contributed by atoms with Gasteiger partial charge in [0.05, 0.1) is 13.2 Å². The van der Waals surface area contributed by atoms with Crippen molar-refractivity contribution in [2.24, 2.45) is 5.92 Å². The number of carbonyl (C=O) groups excluding carboxylic acids is 2.